The van der Waals surface area contributed by atoms with Gasteiger partial charge in [-0.1, -0.05) is 36.4 Å². The number of carbonyl (C=O) groups excluding carboxylic acids is 1. The molecule has 1 amide bonds. The third kappa shape index (κ3) is 4.33. The molecule has 4 rings (SSSR count). The molecule has 1 aliphatic carbocycles. The smallest absolute Gasteiger partial charge is 0.234 e. The molecule has 1 heterocycles. The first-order valence-electron chi connectivity index (χ1n) is 10.1. The number of carbonyl (C=O) groups is 1. The Balaban J connectivity index is 1.33. The van der Waals surface area contributed by atoms with E-state index in [9.17, 15) is 4.79 Å². The van der Waals surface area contributed by atoms with Crippen molar-refractivity contribution in [1.82, 2.24) is 5.32 Å². The van der Waals surface area contributed by atoms with Gasteiger partial charge in [-0.2, -0.15) is 0 Å². The SMILES string of the molecule is NC(=O)[C@H](Cc1ccccc1)NC1CCN(c2ccc3c(c2)CCC3)CC1. The Bertz CT molecular complexity index is 781. The molecule has 2 aromatic carbocycles. The summed E-state index contributed by atoms with van der Waals surface area (Å²) in [6.45, 7) is 2.04. The number of hydrogen-bond acceptors (Lipinski definition) is 3. The fourth-order valence-corrected chi connectivity index (χ4v) is 4.44. The van der Waals surface area contributed by atoms with Gasteiger partial charge < -0.3 is 16.0 Å². The zero-order chi connectivity index (χ0) is 18.6. The first-order valence-corrected chi connectivity index (χ1v) is 10.1. The number of nitrogens with one attached hydrogen (secondary N) is 1. The summed E-state index contributed by atoms with van der Waals surface area (Å²) in [4.78, 5) is 14.4. The lowest BCUT2D eigenvalue weighted by molar-refractivity contribution is -0.120. The van der Waals surface area contributed by atoms with Gasteiger partial charge in [0.05, 0.1) is 6.04 Å². The largest absolute Gasteiger partial charge is 0.371 e. The molecule has 1 atom stereocenters. The number of nitrogens with zero attached hydrogens (tertiary/aromatic N) is 1. The van der Waals surface area contributed by atoms with Gasteiger partial charge in [0.25, 0.3) is 0 Å². The summed E-state index contributed by atoms with van der Waals surface area (Å²) >= 11 is 0. The highest BCUT2D eigenvalue weighted by Crippen LogP contribution is 2.28. The van der Waals surface area contributed by atoms with E-state index in [2.05, 4.69) is 28.4 Å². The summed E-state index contributed by atoms with van der Waals surface area (Å²) < 4.78 is 0. The number of primary amides is 1. The van der Waals surface area contributed by atoms with Crippen LogP contribution in [0, 0.1) is 0 Å². The van der Waals surface area contributed by atoms with Crippen LogP contribution in [0.5, 0.6) is 0 Å². The van der Waals surface area contributed by atoms with E-state index in [-0.39, 0.29) is 11.9 Å². The van der Waals surface area contributed by atoms with E-state index in [1.165, 1.54) is 36.1 Å². The lowest BCUT2D eigenvalue weighted by Crippen LogP contribution is -2.51. The normalized spacial score (nSPS) is 18.3. The lowest BCUT2D eigenvalue weighted by atomic mass is 9.99. The van der Waals surface area contributed by atoms with E-state index in [0.717, 1.165) is 31.5 Å². The van der Waals surface area contributed by atoms with Crippen molar-refractivity contribution >= 4 is 11.6 Å². The molecule has 0 unspecified atom stereocenters. The quantitative estimate of drug-likeness (QED) is 0.830. The molecule has 27 heavy (non-hydrogen) atoms. The van der Waals surface area contributed by atoms with Crippen LogP contribution in [0.3, 0.4) is 0 Å². The van der Waals surface area contributed by atoms with Gasteiger partial charge in [-0.15, -0.1) is 0 Å². The van der Waals surface area contributed by atoms with Crippen molar-refractivity contribution in [2.24, 2.45) is 5.73 Å². The Hall–Kier alpha value is -2.33. The van der Waals surface area contributed by atoms with Gasteiger partial charge in [0.15, 0.2) is 0 Å². The molecular formula is C23H29N3O. The summed E-state index contributed by atoms with van der Waals surface area (Å²) in [5, 5.41) is 3.52. The third-order valence-corrected chi connectivity index (χ3v) is 6.01. The van der Waals surface area contributed by atoms with Gasteiger partial charge in [0.1, 0.15) is 0 Å². The topological polar surface area (TPSA) is 58.4 Å². The van der Waals surface area contributed by atoms with Crippen LogP contribution in [0.25, 0.3) is 0 Å². The summed E-state index contributed by atoms with van der Waals surface area (Å²) in [7, 11) is 0. The van der Waals surface area contributed by atoms with E-state index >= 15 is 0 Å². The molecule has 1 fully saturated rings. The van der Waals surface area contributed by atoms with Crippen LogP contribution in [-0.4, -0.2) is 31.1 Å². The number of aryl methyl sites for hydroxylation is 2. The Kier molecular flexibility index (Phi) is 5.44. The van der Waals surface area contributed by atoms with Crippen molar-refractivity contribution in [1.29, 1.82) is 0 Å². The maximum absolute atomic E-state index is 11.9. The Labute approximate surface area is 161 Å². The highest BCUT2D eigenvalue weighted by Gasteiger charge is 2.25. The average molecular weight is 364 g/mol. The average Bonchev–Trinajstić information content (AvgIpc) is 3.16. The second-order valence-corrected chi connectivity index (χ2v) is 7.88. The summed E-state index contributed by atoms with van der Waals surface area (Å²) in [5.41, 5.74) is 11.2. The van der Waals surface area contributed by atoms with Crippen LogP contribution in [-0.2, 0) is 24.1 Å². The number of anilines is 1. The summed E-state index contributed by atoms with van der Waals surface area (Å²) in [6, 6.07) is 17.1. The van der Waals surface area contributed by atoms with Gasteiger partial charge in [-0.05, 0) is 67.3 Å². The molecule has 142 valence electrons. The number of hydrogen-bond donors (Lipinski definition) is 2. The van der Waals surface area contributed by atoms with Gasteiger partial charge in [-0.25, -0.2) is 0 Å². The highest BCUT2D eigenvalue weighted by atomic mass is 16.1. The van der Waals surface area contributed by atoms with E-state index in [0.29, 0.717) is 12.5 Å². The molecule has 2 aliphatic rings. The summed E-state index contributed by atoms with van der Waals surface area (Å²) in [6.07, 6.45) is 6.48. The molecule has 4 nitrogen and oxygen atoms in total. The van der Waals surface area contributed by atoms with Gasteiger partial charge in [-0.3, -0.25) is 4.79 Å². The monoisotopic (exact) mass is 363 g/mol. The third-order valence-electron chi connectivity index (χ3n) is 6.01. The Morgan fingerprint density at radius 3 is 2.56 bits per heavy atom. The fourth-order valence-electron chi connectivity index (χ4n) is 4.44. The standard InChI is InChI=1S/C23H29N3O/c24-23(27)22(15-17-5-2-1-3-6-17)25-20-11-13-26(14-12-20)21-10-9-18-7-4-8-19(18)16-21/h1-3,5-6,9-10,16,20,22,25H,4,7-8,11-15H2,(H2,24,27)/t22-/m0/s1. The zero-order valence-electron chi connectivity index (χ0n) is 15.9. The molecule has 1 aliphatic heterocycles. The maximum atomic E-state index is 11.9. The van der Waals surface area contributed by atoms with Crippen LogP contribution in [0.4, 0.5) is 5.69 Å². The fraction of sp³-hybridized carbons (Fsp3) is 0.435. The second-order valence-electron chi connectivity index (χ2n) is 7.88. The van der Waals surface area contributed by atoms with E-state index < -0.39 is 0 Å². The van der Waals surface area contributed by atoms with Crippen molar-refractivity contribution in [3.05, 3.63) is 65.2 Å². The van der Waals surface area contributed by atoms with E-state index in [1.54, 1.807) is 0 Å². The van der Waals surface area contributed by atoms with Crippen molar-refractivity contribution < 1.29 is 4.79 Å². The van der Waals surface area contributed by atoms with Crippen LogP contribution < -0.4 is 16.0 Å². The van der Waals surface area contributed by atoms with Crippen LogP contribution >= 0.6 is 0 Å². The molecule has 0 spiro atoms. The first kappa shape index (κ1) is 18.1. The van der Waals surface area contributed by atoms with Crippen LogP contribution in [0.15, 0.2) is 48.5 Å². The molecule has 4 heteroatoms. The van der Waals surface area contributed by atoms with E-state index in [4.69, 9.17) is 5.73 Å². The van der Waals surface area contributed by atoms with E-state index in [1.807, 2.05) is 30.3 Å². The molecule has 0 bridgehead atoms. The minimum Gasteiger partial charge on any atom is -0.371 e. The molecule has 0 aromatic heterocycles. The lowest BCUT2D eigenvalue weighted by Gasteiger charge is -2.35. The van der Waals surface area contributed by atoms with Crippen LogP contribution in [0.2, 0.25) is 0 Å². The Morgan fingerprint density at radius 2 is 1.81 bits per heavy atom. The molecule has 3 N–H and O–H groups in total. The zero-order valence-corrected chi connectivity index (χ0v) is 15.9. The van der Waals surface area contributed by atoms with Crippen molar-refractivity contribution in [2.45, 2.75) is 50.6 Å². The van der Waals surface area contributed by atoms with Crippen molar-refractivity contribution in [3.63, 3.8) is 0 Å². The number of benzene rings is 2. The molecule has 0 radical (unpaired) electrons. The minimum absolute atomic E-state index is 0.264. The van der Waals surface area contributed by atoms with Crippen molar-refractivity contribution in [2.75, 3.05) is 18.0 Å². The first-order chi connectivity index (χ1) is 13.2. The van der Waals surface area contributed by atoms with Gasteiger partial charge in [0, 0.05) is 24.8 Å². The molecular weight excluding hydrogens is 334 g/mol. The minimum atomic E-state index is -0.302. The molecule has 1 saturated heterocycles. The summed E-state index contributed by atoms with van der Waals surface area (Å²) in [5.74, 6) is -0.264. The number of fused-ring (bicyclic) bond motifs is 1. The number of amides is 1. The number of rotatable bonds is 6. The predicted molar refractivity (Wildman–Crippen MR) is 110 cm³/mol. The van der Waals surface area contributed by atoms with Gasteiger partial charge in [0.2, 0.25) is 5.91 Å². The number of piperidine rings is 1. The number of nitrogens with two attached hydrogens (primary N) is 1. The highest BCUT2D eigenvalue weighted by molar-refractivity contribution is 5.80. The maximum Gasteiger partial charge on any atom is 0.234 e. The molecule has 2 aromatic rings. The molecule has 0 saturated carbocycles. The Morgan fingerprint density at radius 1 is 1.07 bits per heavy atom. The van der Waals surface area contributed by atoms with Gasteiger partial charge >= 0.3 is 0 Å². The second kappa shape index (κ2) is 8.13. The predicted octanol–water partition coefficient (Wildman–Crippen LogP) is 2.83. The van der Waals surface area contributed by atoms with Crippen molar-refractivity contribution in [3.8, 4) is 0 Å². The van der Waals surface area contributed by atoms with Crippen LogP contribution in [0.1, 0.15) is 36.0 Å².